The maximum atomic E-state index is 10.8. The zero-order valence-corrected chi connectivity index (χ0v) is 15.6. The lowest BCUT2D eigenvalue weighted by Crippen LogP contribution is -2.76. The molecule has 1 aromatic carbocycles. The van der Waals surface area contributed by atoms with E-state index in [1.807, 2.05) is 6.07 Å². The van der Waals surface area contributed by atoms with Crippen LogP contribution in [-0.2, 0) is 5.41 Å². The number of phenols is 1. The molecule has 5 rings (SSSR count). The fourth-order valence-corrected chi connectivity index (χ4v) is 9.62. The van der Waals surface area contributed by atoms with Gasteiger partial charge in [0.15, 0.2) is 0 Å². The molecule has 0 saturated heterocycles. The minimum absolute atomic E-state index is 0.205. The summed E-state index contributed by atoms with van der Waals surface area (Å²) in [5.74, 6) is 0.499. The number of fused-ring (bicyclic) bond motifs is 1. The van der Waals surface area contributed by atoms with E-state index in [1.54, 1.807) is 0 Å². The molecule has 118 valence electrons. The molecule has 0 aromatic heterocycles. The molecule has 0 heterocycles. The van der Waals surface area contributed by atoms with Crippen molar-refractivity contribution in [2.24, 2.45) is 21.7 Å². The summed E-state index contributed by atoms with van der Waals surface area (Å²) in [5.41, 5.74) is 4.79. The zero-order valence-electron chi connectivity index (χ0n) is 14.0. The summed E-state index contributed by atoms with van der Waals surface area (Å²) in [6.45, 7) is 9.75. The fourth-order valence-electron chi connectivity index (χ4n) is 9.04. The largest absolute Gasteiger partial charge is 0.506 e. The Morgan fingerprint density at radius 3 is 1.95 bits per heavy atom. The highest BCUT2D eigenvalue weighted by atomic mass is 79.9. The number of halogens is 1. The number of aryl methyl sites for hydroxylation is 1. The van der Waals surface area contributed by atoms with Crippen LogP contribution in [-0.4, -0.2) is 5.11 Å². The summed E-state index contributed by atoms with van der Waals surface area (Å²) in [6.07, 6.45) is 6.63. The predicted molar refractivity (Wildman–Crippen MR) is 92.1 cm³/mol. The number of hydrogen-bond acceptors (Lipinski definition) is 1. The van der Waals surface area contributed by atoms with Crippen molar-refractivity contribution in [2.75, 3.05) is 0 Å². The van der Waals surface area contributed by atoms with Crippen molar-refractivity contribution in [3.8, 4) is 5.75 Å². The fraction of sp³-hybridized carbons (Fsp3) is 0.700. The Balaban J connectivity index is 1.73. The Labute approximate surface area is 141 Å². The second kappa shape index (κ2) is 3.31. The Bertz CT molecular complexity index is 713. The number of aromatic hydroxyl groups is 1. The number of phenolic OH excluding ortho intramolecular Hbond substituents is 1. The van der Waals surface area contributed by atoms with E-state index in [0.717, 1.165) is 4.47 Å². The maximum Gasteiger partial charge on any atom is 0.133 e. The Kier molecular flexibility index (Phi) is 2.09. The third kappa shape index (κ3) is 1.08. The lowest BCUT2D eigenvalue weighted by atomic mass is 9.21. The van der Waals surface area contributed by atoms with E-state index >= 15 is 0 Å². The summed E-state index contributed by atoms with van der Waals surface area (Å²) in [7, 11) is 0. The third-order valence-corrected chi connectivity index (χ3v) is 9.10. The minimum atomic E-state index is 0.205. The van der Waals surface area contributed by atoms with Crippen molar-refractivity contribution in [3.63, 3.8) is 0 Å². The van der Waals surface area contributed by atoms with E-state index < -0.39 is 0 Å². The third-order valence-electron chi connectivity index (χ3n) is 8.49. The maximum absolute atomic E-state index is 10.8. The summed E-state index contributed by atoms with van der Waals surface area (Å²) >= 11 is 3.57. The van der Waals surface area contributed by atoms with E-state index in [2.05, 4.69) is 49.7 Å². The van der Waals surface area contributed by atoms with Crippen LogP contribution in [0.5, 0.6) is 5.75 Å². The Morgan fingerprint density at radius 1 is 0.909 bits per heavy atom. The molecule has 1 N–H and O–H groups in total. The molecule has 1 aromatic rings. The van der Waals surface area contributed by atoms with Crippen molar-refractivity contribution < 1.29 is 5.11 Å². The van der Waals surface area contributed by atoms with Gasteiger partial charge in [-0.1, -0.05) is 26.8 Å². The second-order valence-electron chi connectivity index (χ2n) is 9.89. The molecule has 1 spiro atoms. The standard InChI is InChI=1S/C20H25BrO/c1-12-5-13(15(22)14(21)6-12)19-9-17(3)7-16(2)8-18(4,10-19)20(16,17)11-19/h5-6,22H,7-11H2,1-4H3. The quantitative estimate of drug-likeness (QED) is 0.679. The van der Waals surface area contributed by atoms with Gasteiger partial charge in [0.2, 0.25) is 0 Å². The van der Waals surface area contributed by atoms with Crippen LogP contribution in [0, 0.1) is 28.6 Å². The smallest absolute Gasteiger partial charge is 0.133 e. The van der Waals surface area contributed by atoms with Gasteiger partial charge in [0, 0.05) is 11.0 Å². The van der Waals surface area contributed by atoms with Gasteiger partial charge in [-0.3, -0.25) is 0 Å². The van der Waals surface area contributed by atoms with Crippen LogP contribution in [0.4, 0.5) is 0 Å². The topological polar surface area (TPSA) is 20.2 Å². The summed E-state index contributed by atoms with van der Waals surface area (Å²) in [6, 6.07) is 4.30. The molecule has 0 amide bonds. The lowest BCUT2D eigenvalue weighted by molar-refractivity contribution is -0.345. The van der Waals surface area contributed by atoms with Crippen molar-refractivity contribution >= 4 is 15.9 Å². The molecule has 2 unspecified atom stereocenters. The van der Waals surface area contributed by atoms with Crippen molar-refractivity contribution in [2.45, 2.75) is 65.2 Å². The first-order chi connectivity index (χ1) is 10.1. The van der Waals surface area contributed by atoms with Crippen molar-refractivity contribution in [3.05, 3.63) is 27.7 Å². The van der Waals surface area contributed by atoms with Crippen LogP contribution in [0.2, 0.25) is 0 Å². The Morgan fingerprint density at radius 2 is 1.45 bits per heavy atom. The van der Waals surface area contributed by atoms with E-state index in [0.29, 0.717) is 27.4 Å². The lowest BCUT2D eigenvalue weighted by Gasteiger charge is -2.83. The van der Waals surface area contributed by atoms with Crippen LogP contribution >= 0.6 is 15.9 Å². The number of benzene rings is 1. The molecule has 2 bridgehead atoms. The molecule has 4 aliphatic rings. The van der Waals surface area contributed by atoms with Crippen LogP contribution in [0.1, 0.15) is 64.0 Å². The van der Waals surface area contributed by atoms with Gasteiger partial charge in [0.1, 0.15) is 5.75 Å². The van der Waals surface area contributed by atoms with Crippen molar-refractivity contribution in [1.82, 2.24) is 0 Å². The molecular weight excluding hydrogens is 336 g/mol. The number of hydrogen-bond donors (Lipinski definition) is 1. The first-order valence-corrected chi connectivity index (χ1v) is 9.40. The normalized spacial score (nSPS) is 53.9. The van der Waals surface area contributed by atoms with E-state index in [4.69, 9.17) is 0 Å². The average Bonchev–Trinajstić information content (AvgIpc) is 2.76. The van der Waals surface area contributed by atoms with Gasteiger partial charge in [-0.2, -0.15) is 0 Å². The van der Waals surface area contributed by atoms with Gasteiger partial charge in [-0.25, -0.2) is 0 Å². The highest BCUT2D eigenvalue weighted by Gasteiger charge is 2.91. The molecular formula is C20H25BrO. The minimum Gasteiger partial charge on any atom is -0.506 e. The SMILES string of the molecule is Cc1cc(Br)c(O)c(C23CC4(C)CC5(C)CC(C)(C2)C45C3)c1. The summed E-state index contributed by atoms with van der Waals surface area (Å²) in [5, 5.41) is 10.8. The Hall–Kier alpha value is -0.500. The van der Waals surface area contributed by atoms with Gasteiger partial charge < -0.3 is 5.11 Å². The molecule has 2 atom stereocenters. The molecule has 0 radical (unpaired) electrons. The van der Waals surface area contributed by atoms with E-state index in [1.165, 1.54) is 43.2 Å². The van der Waals surface area contributed by atoms with Crippen molar-refractivity contribution in [1.29, 1.82) is 0 Å². The van der Waals surface area contributed by atoms with Crippen LogP contribution in [0.25, 0.3) is 0 Å². The van der Waals surface area contributed by atoms with E-state index in [-0.39, 0.29) is 5.41 Å². The highest BCUT2D eigenvalue weighted by molar-refractivity contribution is 9.10. The van der Waals surface area contributed by atoms with Gasteiger partial charge >= 0.3 is 0 Å². The van der Waals surface area contributed by atoms with Crippen LogP contribution < -0.4 is 0 Å². The molecule has 4 fully saturated rings. The molecule has 4 saturated carbocycles. The van der Waals surface area contributed by atoms with Gasteiger partial charge in [-0.05, 0) is 88.2 Å². The molecule has 1 nitrogen and oxygen atoms in total. The molecule has 0 aliphatic heterocycles. The van der Waals surface area contributed by atoms with Gasteiger partial charge in [-0.15, -0.1) is 0 Å². The van der Waals surface area contributed by atoms with Crippen LogP contribution in [0.3, 0.4) is 0 Å². The monoisotopic (exact) mass is 360 g/mol. The first-order valence-electron chi connectivity index (χ1n) is 8.60. The molecule has 2 heteroatoms. The zero-order chi connectivity index (χ0) is 15.8. The first kappa shape index (κ1) is 13.9. The van der Waals surface area contributed by atoms with E-state index in [9.17, 15) is 5.11 Å². The number of rotatable bonds is 1. The molecule has 4 aliphatic carbocycles. The van der Waals surface area contributed by atoms with Crippen LogP contribution in [0.15, 0.2) is 16.6 Å². The summed E-state index contributed by atoms with van der Waals surface area (Å²) in [4.78, 5) is 0. The second-order valence-corrected chi connectivity index (χ2v) is 10.7. The summed E-state index contributed by atoms with van der Waals surface area (Å²) < 4.78 is 0.867. The predicted octanol–water partition coefficient (Wildman–Crippen LogP) is 5.71. The average molecular weight is 361 g/mol. The highest BCUT2D eigenvalue weighted by Crippen LogP contribution is 2.97. The van der Waals surface area contributed by atoms with Gasteiger partial charge in [0.25, 0.3) is 0 Å². The van der Waals surface area contributed by atoms with Gasteiger partial charge in [0.05, 0.1) is 4.47 Å². The molecule has 22 heavy (non-hydrogen) atoms.